The quantitative estimate of drug-likeness (QED) is 0.901. The highest BCUT2D eigenvalue weighted by atomic mass is 79.9. The second kappa shape index (κ2) is 6.20. The number of carbonyl (C=O) groups is 1. The Balaban J connectivity index is 2.07. The summed E-state index contributed by atoms with van der Waals surface area (Å²) in [4.78, 5) is 12.1. The first-order chi connectivity index (χ1) is 8.70. The molecule has 4 nitrogen and oxygen atoms in total. The number of amides is 1. The summed E-state index contributed by atoms with van der Waals surface area (Å²) in [6, 6.07) is 5.46. The third-order valence-electron chi connectivity index (χ3n) is 3.05. The van der Waals surface area contributed by atoms with Crippen LogP contribution in [-0.2, 0) is 4.79 Å². The Morgan fingerprint density at radius 3 is 3.00 bits per heavy atom. The number of anilines is 1. The lowest BCUT2D eigenvalue weighted by atomic mass is 10.0. The van der Waals surface area contributed by atoms with Gasteiger partial charge in [-0.05, 0) is 37.6 Å². The average molecular weight is 313 g/mol. The fraction of sp³-hybridized carbons (Fsp3) is 0.462. The van der Waals surface area contributed by atoms with E-state index < -0.39 is 0 Å². The summed E-state index contributed by atoms with van der Waals surface area (Å²) in [6.07, 6.45) is 3.13. The van der Waals surface area contributed by atoms with Gasteiger partial charge in [-0.2, -0.15) is 0 Å². The molecular formula is C13H17BrN2O2. The van der Waals surface area contributed by atoms with E-state index in [1.807, 2.05) is 18.2 Å². The van der Waals surface area contributed by atoms with Crippen LogP contribution in [-0.4, -0.2) is 25.6 Å². The maximum atomic E-state index is 12.1. The Bertz CT molecular complexity index is 431. The molecule has 98 valence electrons. The zero-order valence-electron chi connectivity index (χ0n) is 10.3. The minimum Gasteiger partial charge on any atom is -0.495 e. The minimum absolute atomic E-state index is 0.00565. The monoisotopic (exact) mass is 312 g/mol. The lowest BCUT2D eigenvalue weighted by Crippen LogP contribution is -2.43. The molecule has 0 aromatic heterocycles. The molecule has 1 aliphatic rings. The third-order valence-corrected chi connectivity index (χ3v) is 3.54. The number of benzene rings is 1. The molecule has 1 fully saturated rings. The van der Waals surface area contributed by atoms with Gasteiger partial charge in [-0.1, -0.05) is 22.4 Å². The zero-order chi connectivity index (χ0) is 13.0. The van der Waals surface area contributed by atoms with Crippen LogP contribution in [0.3, 0.4) is 0 Å². The van der Waals surface area contributed by atoms with E-state index in [0.29, 0.717) is 11.4 Å². The van der Waals surface area contributed by atoms with Crippen LogP contribution in [0.25, 0.3) is 0 Å². The van der Waals surface area contributed by atoms with Crippen molar-refractivity contribution in [3.8, 4) is 5.75 Å². The van der Waals surface area contributed by atoms with Crippen molar-refractivity contribution in [3.63, 3.8) is 0 Å². The molecular weight excluding hydrogens is 296 g/mol. The molecule has 2 N–H and O–H groups in total. The molecule has 1 saturated heterocycles. The Morgan fingerprint density at radius 2 is 2.33 bits per heavy atom. The van der Waals surface area contributed by atoms with Crippen molar-refractivity contribution < 1.29 is 9.53 Å². The van der Waals surface area contributed by atoms with Crippen LogP contribution < -0.4 is 15.4 Å². The van der Waals surface area contributed by atoms with Gasteiger partial charge in [0.15, 0.2) is 0 Å². The van der Waals surface area contributed by atoms with Crippen LogP contribution >= 0.6 is 15.9 Å². The molecule has 0 radical (unpaired) electrons. The van der Waals surface area contributed by atoms with Gasteiger partial charge in [0.2, 0.25) is 5.91 Å². The van der Waals surface area contributed by atoms with Gasteiger partial charge < -0.3 is 15.4 Å². The number of hydrogen-bond donors (Lipinski definition) is 2. The summed E-state index contributed by atoms with van der Waals surface area (Å²) in [5, 5.41) is 6.14. The molecule has 0 aliphatic carbocycles. The van der Waals surface area contributed by atoms with E-state index in [1.165, 1.54) is 0 Å². The van der Waals surface area contributed by atoms with E-state index >= 15 is 0 Å². The van der Waals surface area contributed by atoms with Crippen molar-refractivity contribution in [2.75, 3.05) is 19.0 Å². The molecule has 1 aromatic carbocycles. The van der Waals surface area contributed by atoms with Crippen LogP contribution in [0.15, 0.2) is 22.7 Å². The van der Waals surface area contributed by atoms with E-state index in [9.17, 15) is 4.79 Å². The number of methoxy groups -OCH3 is 1. The first kappa shape index (κ1) is 13.4. The maximum absolute atomic E-state index is 12.1. The van der Waals surface area contributed by atoms with Crippen LogP contribution in [0.2, 0.25) is 0 Å². The van der Waals surface area contributed by atoms with Crippen molar-refractivity contribution in [3.05, 3.63) is 22.7 Å². The average Bonchev–Trinajstić information content (AvgIpc) is 2.40. The largest absolute Gasteiger partial charge is 0.495 e. The van der Waals surface area contributed by atoms with Gasteiger partial charge in [-0.3, -0.25) is 4.79 Å². The van der Waals surface area contributed by atoms with Crippen molar-refractivity contribution in [1.82, 2.24) is 5.32 Å². The number of nitrogens with one attached hydrogen (secondary N) is 2. The van der Waals surface area contributed by atoms with Gasteiger partial charge in [0.25, 0.3) is 0 Å². The van der Waals surface area contributed by atoms with Crippen LogP contribution in [0.1, 0.15) is 19.3 Å². The van der Waals surface area contributed by atoms with Crippen molar-refractivity contribution >= 4 is 27.5 Å². The fourth-order valence-corrected chi connectivity index (χ4v) is 2.43. The molecule has 0 bridgehead atoms. The summed E-state index contributed by atoms with van der Waals surface area (Å²) >= 11 is 3.39. The standard InChI is InChI=1S/C13H17BrN2O2/c1-18-12-6-5-9(14)8-11(12)16-13(17)10-4-2-3-7-15-10/h5-6,8,10,15H,2-4,7H2,1H3,(H,16,17). The topological polar surface area (TPSA) is 50.4 Å². The van der Waals surface area contributed by atoms with Gasteiger partial charge in [-0.25, -0.2) is 0 Å². The smallest absolute Gasteiger partial charge is 0.241 e. The number of halogens is 1. The lowest BCUT2D eigenvalue weighted by molar-refractivity contribution is -0.118. The molecule has 18 heavy (non-hydrogen) atoms. The minimum atomic E-state index is -0.0950. The Kier molecular flexibility index (Phi) is 4.60. The molecule has 1 unspecified atom stereocenters. The summed E-state index contributed by atoms with van der Waals surface area (Å²) in [5.41, 5.74) is 0.698. The van der Waals surface area contributed by atoms with Gasteiger partial charge in [0.05, 0.1) is 18.8 Å². The van der Waals surface area contributed by atoms with Gasteiger partial charge in [0.1, 0.15) is 5.75 Å². The molecule has 1 atom stereocenters. The zero-order valence-corrected chi connectivity index (χ0v) is 11.9. The Hall–Kier alpha value is -1.07. The number of carbonyl (C=O) groups excluding carboxylic acids is 1. The maximum Gasteiger partial charge on any atom is 0.241 e. The second-order valence-electron chi connectivity index (χ2n) is 4.34. The molecule has 1 amide bonds. The van der Waals surface area contributed by atoms with E-state index in [-0.39, 0.29) is 11.9 Å². The van der Waals surface area contributed by atoms with Crippen molar-refractivity contribution in [2.24, 2.45) is 0 Å². The molecule has 1 aromatic rings. The van der Waals surface area contributed by atoms with Crippen molar-refractivity contribution in [2.45, 2.75) is 25.3 Å². The molecule has 0 saturated carbocycles. The predicted octanol–water partition coefficient (Wildman–Crippen LogP) is 2.54. The van der Waals surface area contributed by atoms with Crippen molar-refractivity contribution in [1.29, 1.82) is 0 Å². The van der Waals surface area contributed by atoms with Crippen LogP contribution in [0.5, 0.6) is 5.75 Å². The number of rotatable bonds is 3. The summed E-state index contributed by atoms with van der Waals surface area (Å²) < 4.78 is 6.14. The SMILES string of the molecule is COc1ccc(Br)cc1NC(=O)C1CCCCN1. The molecule has 1 aliphatic heterocycles. The summed E-state index contributed by atoms with van der Waals surface area (Å²) in [7, 11) is 1.59. The molecule has 1 heterocycles. The Labute approximate surface area is 115 Å². The molecule has 2 rings (SSSR count). The van der Waals surface area contributed by atoms with Crippen LogP contribution in [0.4, 0.5) is 5.69 Å². The predicted molar refractivity (Wildman–Crippen MR) is 75.0 cm³/mol. The first-order valence-corrected chi connectivity index (χ1v) is 6.88. The highest BCUT2D eigenvalue weighted by Crippen LogP contribution is 2.28. The lowest BCUT2D eigenvalue weighted by Gasteiger charge is -2.23. The number of piperidine rings is 1. The van der Waals surface area contributed by atoms with Gasteiger partial charge in [0, 0.05) is 4.47 Å². The van der Waals surface area contributed by atoms with E-state index in [2.05, 4.69) is 26.6 Å². The summed E-state index contributed by atoms with van der Waals surface area (Å²) in [6.45, 7) is 0.910. The summed E-state index contributed by atoms with van der Waals surface area (Å²) in [5.74, 6) is 0.674. The van der Waals surface area contributed by atoms with Gasteiger partial charge >= 0.3 is 0 Å². The van der Waals surface area contributed by atoms with Crippen LogP contribution in [0, 0.1) is 0 Å². The molecule has 0 spiro atoms. The normalized spacial score (nSPS) is 19.3. The third kappa shape index (κ3) is 3.23. The highest BCUT2D eigenvalue weighted by Gasteiger charge is 2.21. The highest BCUT2D eigenvalue weighted by molar-refractivity contribution is 9.10. The first-order valence-electron chi connectivity index (χ1n) is 6.08. The van der Waals surface area contributed by atoms with Gasteiger partial charge in [-0.15, -0.1) is 0 Å². The number of ether oxygens (including phenoxy) is 1. The molecule has 5 heteroatoms. The fourth-order valence-electron chi connectivity index (χ4n) is 2.07. The van der Waals surface area contributed by atoms with E-state index in [4.69, 9.17) is 4.74 Å². The number of hydrogen-bond acceptors (Lipinski definition) is 3. The van der Waals surface area contributed by atoms with E-state index in [1.54, 1.807) is 7.11 Å². The second-order valence-corrected chi connectivity index (χ2v) is 5.25. The Morgan fingerprint density at radius 1 is 1.50 bits per heavy atom. The van der Waals surface area contributed by atoms with E-state index in [0.717, 1.165) is 30.3 Å².